The highest BCUT2D eigenvalue weighted by Crippen LogP contribution is 2.19. The van der Waals surface area contributed by atoms with Crippen LogP contribution in [0.5, 0.6) is 0 Å². The lowest BCUT2D eigenvalue weighted by Gasteiger charge is -2.34. The second-order valence-electron chi connectivity index (χ2n) is 3.63. The molecule has 1 saturated heterocycles. The van der Waals surface area contributed by atoms with Gasteiger partial charge in [-0.05, 0) is 13.0 Å². The number of rotatable bonds is 2. The van der Waals surface area contributed by atoms with Crippen molar-refractivity contribution in [2.45, 2.75) is 19.5 Å². The molecule has 1 aliphatic rings. The highest BCUT2D eigenvalue weighted by Gasteiger charge is 2.42. The van der Waals surface area contributed by atoms with E-state index in [1.165, 1.54) is 0 Å². The Morgan fingerprint density at radius 3 is 2.13 bits per heavy atom. The number of amides is 1. The minimum absolute atomic E-state index is 0.179. The maximum atomic E-state index is 12.1. The third-order valence-corrected chi connectivity index (χ3v) is 2.44. The summed E-state index contributed by atoms with van der Waals surface area (Å²) in [6.45, 7) is 4.34. The van der Waals surface area contributed by atoms with Gasteiger partial charge in [0.15, 0.2) is 0 Å². The number of carbonyl (C=O) groups is 1. The molecule has 0 radical (unpaired) electrons. The summed E-state index contributed by atoms with van der Waals surface area (Å²) in [5, 5.41) is 0. The minimum atomic E-state index is -4.73. The van der Waals surface area contributed by atoms with Crippen LogP contribution in [0.25, 0.3) is 0 Å². The van der Waals surface area contributed by atoms with Crippen LogP contribution in [0.2, 0.25) is 0 Å². The van der Waals surface area contributed by atoms with Gasteiger partial charge in [-0.15, -0.1) is 0 Å². The van der Waals surface area contributed by atoms with E-state index in [-0.39, 0.29) is 13.1 Å². The highest BCUT2D eigenvalue weighted by atomic mass is 19.4. The number of halogens is 3. The molecule has 1 amide bonds. The van der Waals surface area contributed by atoms with Crippen LogP contribution in [-0.4, -0.2) is 54.6 Å². The molecule has 0 aliphatic carbocycles. The van der Waals surface area contributed by atoms with Crippen molar-refractivity contribution < 1.29 is 18.0 Å². The molecular formula is C9H15F3N2O. The molecule has 15 heavy (non-hydrogen) atoms. The lowest BCUT2D eigenvalue weighted by Crippen LogP contribution is -2.52. The minimum Gasteiger partial charge on any atom is -0.332 e. The SMILES string of the molecule is CCCN1CCN(C(=O)C(F)(F)F)CC1. The van der Waals surface area contributed by atoms with Gasteiger partial charge in [-0.2, -0.15) is 13.2 Å². The predicted octanol–water partition coefficient (Wildman–Crippen LogP) is 1.10. The molecule has 0 saturated carbocycles. The normalized spacial score (nSPS) is 19.3. The molecule has 1 heterocycles. The van der Waals surface area contributed by atoms with Gasteiger partial charge in [0.05, 0.1) is 0 Å². The lowest BCUT2D eigenvalue weighted by molar-refractivity contribution is -0.187. The van der Waals surface area contributed by atoms with Crippen molar-refractivity contribution in [2.24, 2.45) is 0 Å². The topological polar surface area (TPSA) is 23.6 Å². The van der Waals surface area contributed by atoms with Crippen molar-refractivity contribution in [3.8, 4) is 0 Å². The standard InChI is InChI=1S/C9H15F3N2O/c1-2-3-13-4-6-14(7-5-13)8(15)9(10,11)12/h2-7H2,1H3. The molecule has 0 spiro atoms. The fourth-order valence-electron chi connectivity index (χ4n) is 1.67. The summed E-state index contributed by atoms with van der Waals surface area (Å²) in [4.78, 5) is 13.8. The average Bonchev–Trinajstić information content (AvgIpc) is 2.17. The van der Waals surface area contributed by atoms with Gasteiger partial charge in [0.1, 0.15) is 0 Å². The molecule has 88 valence electrons. The zero-order chi connectivity index (χ0) is 11.5. The third-order valence-electron chi connectivity index (χ3n) is 2.44. The van der Waals surface area contributed by atoms with Crippen molar-refractivity contribution in [1.29, 1.82) is 0 Å². The van der Waals surface area contributed by atoms with Crippen molar-refractivity contribution in [1.82, 2.24) is 9.80 Å². The smallest absolute Gasteiger partial charge is 0.332 e. The molecule has 1 rings (SSSR count). The van der Waals surface area contributed by atoms with Crippen molar-refractivity contribution in [3.63, 3.8) is 0 Å². The van der Waals surface area contributed by atoms with Gasteiger partial charge in [0.25, 0.3) is 0 Å². The molecule has 6 heteroatoms. The van der Waals surface area contributed by atoms with Crippen LogP contribution in [0.1, 0.15) is 13.3 Å². The van der Waals surface area contributed by atoms with E-state index in [2.05, 4.69) is 4.90 Å². The van der Waals surface area contributed by atoms with Crippen LogP contribution in [0.4, 0.5) is 13.2 Å². The van der Waals surface area contributed by atoms with Crippen LogP contribution in [0.3, 0.4) is 0 Å². The summed E-state index contributed by atoms with van der Waals surface area (Å²) >= 11 is 0. The fraction of sp³-hybridized carbons (Fsp3) is 0.889. The van der Waals surface area contributed by atoms with Crippen molar-refractivity contribution >= 4 is 5.91 Å². The van der Waals surface area contributed by atoms with Gasteiger partial charge in [-0.1, -0.05) is 6.92 Å². The van der Waals surface area contributed by atoms with Crippen LogP contribution < -0.4 is 0 Å². The predicted molar refractivity (Wildman–Crippen MR) is 49.4 cm³/mol. The quantitative estimate of drug-likeness (QED) is 0.701. The maximum Gasteiger partial charge on any atom is 0.471 e. The Bertz CT molecular complexity index is 222. The summed E-state index contributed by atoms with van der Waals surface area (Å²) in [5.41, 5.74) is 0. The number of carbonyl (C=O) groups excluding carboxylic acids is 1. The van der Waals surface area contributed by atoms with E-state index in [1.54, 1.807) is 0 Å². The van der Waals surface area contributed by atoms with Crippen LogP contribution in [0, 0.1) is 0 Å². The van der Waals surface area contributed by atoms with E-state index in [9.17, 15) is 18.0 Å². The molecule has 0 atom stereocenters. The zero-order valence-corrected chi connectivity index (χ0v) is 8.68. The van der Waals surface area contributed by atoms with E-state index in [0.29, 0.717) is 13.1 Å². The van der Waals surface area contributed by atoms with Crippen LogP contribution in [0.15, 0.2) is 0 Å². The van der Waals surface area contributed by atoms with E-state index in [0.717, 1.165) is 17.9 Å². The van der Waals surface area contributed by atoms with Crippen molar-refractivity contribution in [2.75, 3.05) is 32.7 Å². The summed E-state index contributed by atoms with van der Waals surface area (Å²) in [6, 6.07) is 0. The number of nitrogens with zero attached hydrogens (tertiary/aromatic N) is 2. The molecular weight excluding hydrogens is 209 g/mol. The number of hydrogen-bond donors (Lipinski definition) is 0. The maximum absolute atomic E-state index is 12.1. The number of hydrogen-bond acceptors (Lipinski definition) is 2. The Kier molecular flexibility index (Phi) is 3.96. The molecule has 0 aromatic rings. The van der Waals surface area contributed by atoms with E-state index < -0.39 is 12.1 Å². The third kappa shape index (κ3) is 3.37. The highest BCUT2D eigenvalue weighted by molar-refractivity contribution is 5.81. The van der Waals surface area contributed by atoms with Gasteiger partial charge in [-0.25, -0.2) is 0 Å². The largest absolute Gasteiger partial charge is 0.471 e. The molecule has 0 aromatic heterocycles. The molecule has 0 N–H and O–H groups in total. The van der Waals surface area contributed by atoms with Crippen molar-refractivity contribution in [3.05, 3.63) is 0 Å². The van der Waals surface area contributed by atoms with Crippen LogP contribution in [-0.2, 0) is 4.79 Å². The first-order chi connectivity index (χ1) is 6.95. The Morgan fingerprint density at radius 2 is 1.73 bits per heavy atom. The van der Waals surface area contributed by atoms with Gasteiger partial charge >= 0.3 is 12.1 Å². The Hall–Kier alpha value is -0.780. The molecule has 1 aliphatic heterocycles. The fourth-order valence-corrected chi connectivity index (χ4v) is 1.67. The Balaban J connectivity index is 2.41. The summed E-state index contributed by atoms with van der Waals surface area (Å²) in [5.74, 6) is -1.71. The first-order valence-corrected chi connectivity index (χ1v) is 5.03. The van der Waals surface area contributed by atoms with Gasteiger partial charge in [0.2, 0.25) is 0 Å². The van der Waals surface area contributed by atoms with E-state index in [4.69, 9.17) is 0 Å². The summed E-state index contributed by atoms with van der Waals surface area (Å²) < 4.78 is 36.2. The van der Waals surface area contributed by atoms with Crippen LogP contribution >= 0.6 is 0 Å². The molecule has 1 fully saturated rings. The lowest BCUT2D eigenvalue weighted by atomic mass is 10.3. The molecule has 0 bridgehead atoms. The van der Waals surface area contributed by atoms with Gasteiger partial charge in [-0.3, -0.25) is 9.69 Å². The number of piperazine rings is 1. The Labute approximate surface area is 86.8 Å². The summed E-state index contributed by atoms with van der Waals surface area (Å²) in [6.07, 6.45) is -3.75. The van der Waals surface area contributed by atoms with E-state index >= 15 is 0 Å². The first-order valence-electron chi connectivity index (χ1n) is 5.03. The molecule has 3 nitrogen and oxygen atoms in total. The second-order valence-corrected chi connectivity index (χ2v) is 3.63. The average molecular weight is 224 g/mol. The first kappa shape index (κ1) is 12.3. The zero-order valence-electron chi connectivity index (χ0n) is 8.68. The molecule has 0 unspecified atom stereocenters. The second kappa shape index (κ2) is 4.83. The van der Waals surface area contributed by atoms with Gasteiger partial charge < -0.3 is 4.90 Å². The Morgan fingerprint density at radius 1 is 1.20 bits per heavy atom. The molecule has 0 aromatic carbocycles. The monoisotopic (exact) mass is 224 g/mol. The van der Waals surface area contributed by atoms with Gasteiger partial charge in [0, 0.05) is 26.2 Å². The number of alkyl halides is 3. The summed E-state index contributed by atoms with van der Waals surface area (Å²) in [7, 11) is 0. The van der Waals surface area contributed by atoms with E-state index in [1.807, 2.05) is 6.92 Å².